The second kappa shape index (κ2) is 5.57. The standard InChI is InChI=1S/C17H16N6/c1-2-23-11-13(10-19-23)20-17-21-15(12-6-4-3-5-7-12)14-8-9-18-16(14)22-17/h3-11H,2H2,1H3,(H2,18,20,21,22). The molecule has 0 saturated heterocycles. The molecule has 0 fully saturated rings. The third-order valence-corrected chi connectivity index (χ3v) is 3.68. The van der Waals surface area contributed by atoms with Crippen LogP contribution in [0.1, 0.15) is 6.92 Å². The summed E-state index contributed by atoms with van der Waals surface area (Å²) < 4.78 is 1.85. The highest BCUT2D eigenvalue weighted by atomic mass is 15.3. The Morgan fingerprint density at radius 1 is 1.13 bits per heavy atom. The SMILES string of the molecule is CCn1cc(Nc2nc(-c3ccccc3)c3cc[nH]c3n2)cn1. The Labute approximate surface area is 133 Å². The molecule has 2 N–H and O–H groups in total. The van der Waals surface area contributed by atoms with Crippen LogP contribution in [0.25, 0.3) is 22.3 Å². The molecule has 23 heavy (non-hydrogen) atoms. The molecular weight excluding hydrogens is 288 g/mol. The fourth-order valence-corrected chi connectivity index (χ4v) is 2.54. The van der Waals surface area contributed by atoms with Gasteiger partial charge >= 0.3 is 0 Å². The first kappa shape index (κ1) is 13.5. The number of nitrogens with one attached hydrogen (secondary N) is 2. The van der Waals surface area contributed by atoms with Crippen molar-refractivity contribution in [1.82, 2.24) is 24.7 Å². The van der Waals surface area contributed by atoms with Crippen LogP contribution in [0.4, 0.5) is 11.6 Å². The number of fused-ring (bicyclic) bond motifs is 1. The predicted octanol–water partition coefficient (Wildman–Crippen LogP) is 3.58. The molecule has 0 atom stereocenters. The molecule has 0 radical (unpaired) electrons. The number of nitrogens with zero attached hydrogens (tertiary/aromatic N) is 4. The molecular formula is C17H16N6. The summed E-state index contributed by atoms with van der Waals surface area (Å²) in [7, 11) is 0. The Balaban J connectivity index is 1.79. The number of anilines is 2. The predicted molar refractivity (Wildman–Crippen MR) is 90.5 cm³/mol. The van der Waals surface area contributed by atoms with E-state index in [0.29, 0.717) is 5.95 Å². The maximum absolute atomic E-state index is 4.69. The highest BCUT2D eigenvalue weighted by Gasteiger charge is 2.11. The number of hydrogen-bond donors (Lipinski definition) is 2. The molecule has 3 heterocycles. The van der Waals surface area contributed by atoms with Gasteiger partial charge in [0.2, 0.25) is 5.95 Å². The van der Waals surface area contributed by atoms with Gasteiger partial charge in [0.15, 0.2) is 0 Å². The fraction of sp³-hybridized carbons (Fsp3) is 0.118. The van der Waals surface area contributed by atoms with Crippen LogP contribution in [-0.4, -0.2) is 24.7 Å². The summed E-state index contributed by atoms with van der Waals surface area (Å²) in [6.45, 7) is 2.87. The van der Waals surface area contributed by atoms with E-state index in [9.17, 15) is 0 Å². The van der Waals surface area contributed by atoms with Crippen molar-refractivity contribution in [3.05, 3.63) is 55.0 Å². The zero-order valence-electron chi connectivity index (χ0n) is 12.7. The van der Waals surface area contributed by atoms with Gasteiger partial charge in [0.1, 0.15) is 5.65 Å². The first-order valence-corrected chi connectivity index (χ1v) is 7.53. The first-order chi connectivity index (χ1) is 11.3. The van der Waals surface area contributed by atoms with Gasteiger partial charge in [0.25, 0.3) is 0 Å². The minimum atomic E-state index is 0.550. The van der Waals surface area contributed by atoms with Crippen molar-refractivity contribution >= 4 is 22.7 Å². The molecule has 0 spiro atoms. The summed E-state index contributed by atoms with van der Waals surface area (Å²) in [6.07, 6.45) is 5.59. The number of aryl methyl sites for hydroxylation is 1. The van der Waals surface area contributed by atoms with E-state index >= 15 is 0 Å². The van der Waals surface area contributed by atoms with E-state index in [1.807, 2.05) is 60.4 Å². The van der Waals surface area contributed by atoms with Crippen molar-refractivity contribution < 1.29 is 0 Å². The van der Waals surface area contributed by atoms with Crippen molar-refractivity contribution in [2.45, 2.75) is 13.5 Å². The number of rotatable bonds is 4. The van der Waals surface area contributed by atoms with E-state index < -0.39 is 0 Å². The Morgan fingerprint density at radius 3 is 2.78 bits per heavy atom. The van der Waals surface area contributed by atoms with E-state index in [4.69, 9.17) is 4.98 Å². The fourth-order valence-electron chi connectivity index (χ4n) is 2.54. The summed E-state index contributed by atoms with van der Waals surface area (Å²) in [5, 5.41) is 8.49. The second-order valence-electron chi connectivity index (χ2n) is 5.21. The Morgan fingerprint density at radius 2 is 2.00 bits per heavy atom. The summed E-state index contributed by atoms with van der Waals surface area (Å²) in [5.74, 6) is 0.550. The Kier molecular flexibility index (Phi) is 3.27. The van der Waals surface area contributed by atoms with Crippen molar-refractivity contribution in [3.8, 4) is 11.3 Å². The number of benzene rings is 1. The zero-order valence-corrected chi connectivity index (χ0v) is 12.7. The monoisotopic (exact) mass is 304 g/mol. The molecule has 0 aliphatic rings. The van der Waals surface area contributed by atoms with E-state index in [2.05, 4.69) is 20.4 Å². The molecule has 0 aliphatic carbocycles. The van der Waals surface area contributed by atoms with Crippen molar-refractivity contribution in [1.29, 1.82) is 0 Å². The summed E-state index contributed by atoms with van der Waals surface area (Å²) in [5.41, 5.74) is 3.65. The van der Waals surface area contributed by atoms with Crippen LogP contribution in [0, 0.1) is 0 Å². The van der Waals surface area contributed by atoms with Crippen LogP contribution in [0.2, 0.25) is 0 Å². The smallest absolute Gasteiger partial charge is 0.229 e. The quantitative estimate of drug-likeness (QED) is 0.604. The molecule has 114 valence electrons. The lowest BCUT2D eigenvalue weighted by molar-refractivity contribution is 0.660. The molecule has 1 aromatic carbocycles. The van der Waals surface area contributed by atoms with E-state index in [1.54, 1.807) is 6.20 Å². The van der Waals surface area contributed by atoms with Crippen LogP contribution in [-0.2, 0) is 6.54 Å². The molecule has 6 nitrogen and oxygen atoms in total. The Bertz CT molecular complexity index is 938. The van der Waals surface area contributed by atoms with Gasteiger partial charge in [-0.2, -0.15) is 10.1 Å². The van der Waals surface area contributed by atoms with Crippen molar-refractivity contribution in [3.63, 3.8) is 0 Å². The van der Waals surface area contributed by atoms with Gasteiger partial charge in [0.05, 0.1) is 17.6 Å². The molecule has 0 amide bonds. The van der Waals surface area contributed by atoms with E-state index in [-0.39, 0.29) is 0 Å². The average Bonchev–Trinajstić information content (AvgIpc) is 3.24. The average molecular weight is 304 g/mol. The largest absolute Gasteiger partial charge is 0.346 e. The van der Waals surface area contributed by atoms with E-state index in [1.165, 1.54) is 0 Å². The van der Waals surface area contributed by atoms with Crippen LogP contribution < -0.4 is 5.32 Å². The molecule has 0 aliphatic heterocycles. The molecule has 4 rings (SSSR count). The lowest BCUT2D eigenvalue weighted by Gasteiger charge is -2.07. The van der Waals surface area contributed by atoms with Crippen LogP contribution in [0.3, 0.4) is 0 Å². The molecule has 0 saturated carbocycles. The van der Waals surface area contributed by atoms with Gasteiger partial charge in [-0.3, -0.25) is 4.68 Å². The minimum absolute atomic E-state index is 0.550. The normalized spacial score (nSPS) is 11.0. The summed E-state index contributed by atoms with van der Waals surface area (Å²) in [6, 6.07) is 12.1. The van der Waals surface area contributed by atoms with Crippen LogP contribution in [0.15, 0.2) is 55.0 Å². The van der Waals surface area contributed by atoms with Gasteiger partial charge < -0.3 is 10.3 Å². The molecule has 0 unspecified atom stereocenters. The zero-order chi connectivity index (χ0) is 15.6. The summed E-state index contributed by atoms with van der Waals surface area (Å²) in [4.78, 5) is 12.4. The van der Waals surface area contributed by atoms with Gasteiger partial charge in [-0.15, -0.1) is 0 Å². The molecule has 4 aromatic rings. The van der Waals surface area contributed by atoms with E-state index in [0.717, 1.165) is 34.5 Å². The lowest BCUT2D eigenvalue weighted by atomic mass is 10.1. The second-order valence-corrected chi connectivity index (χ2v) is 5.21. The number of aromatic nitrogens is 5. The topological polar surface area (TPSA) is 71.4 Å². The van der Waals surface area contributed by atoms with Gasteiger partial charge in [-0.25, -0.2) is 4.98 Å². The maximum Gasteiger partial charge on any atom is 0.229 e. The highest BCUT2D eigenvalue weighted by molar-refractivity contribution is 5.91. The molecule has 6 heteroatoms. The van der Waals surface area contributed by atoms with Gasteiger partial charge in [-0.1, -0.05) is 30.3 Å². The molecule has 3 aromatic heterocycles. The number of H-pyrrole nitrogens is 1. The Hall–Kier alpha value is -3.15. The van der Waals surface area contributed by atoms with Crippen LogP contribution in [0.5, 0.6) is 0 Å². The van der Waals surface area contributed by atoms with Gasteiger partial charge in [0, 0.05) is 29.9 Å². The number of hydrogen-bond acceptors (Lipinski definition) is 4. The van der Waals surface area contributed by atoms with Crippen molar-refractivity contribution in [2.75, 3.05) is 5.32 Å². The third-order valence-electron chi connectivity index (χ3n) is 3.68. The lowest BCUT2D eigenvalue weighted by Crippen LogP contribution is -1.99. The van der Waals surface area contributed by atoms with Crippen LogP contribution >= 0.6 is 0 Å². The highest BCUT2D eigenvalue weighted by Crippen LogP contribution is 2.27. The minimum Gasteiger partial charge on any atom is -0.346 e. The molecule has 0 bridgehead atoms. The number of aromatic amines is 1. The maximum atomic E-state index is 4.69. The summed E-state index contributed by atoms with van der Waals surface area (Å²) >= 11 is 0. The first-order valence-electron chi connectivity index (χ1n) is 7.53. The van der Waals surface area contributed by atoms with Gasteiger partial charge in [-0.05, 0) is 13.0 Å². The third kappa shape index (κ3) is 2.55. The van der Waals surface area contributed by atoms with Crippen molar-refractivity contribution in [2.24, 2.45) is 0 Å².